The van der Waals surface area contributed by atoms with Crippen LogP contribution in [0.3, 0.4) is 0 Å². The van der Waals surface area contributed by atoms with Gasteiger partial charge in [-0.3, -0.25) is 0 Å². The molecule has 1 aromatic carbocycles. The summed E-state index contributed by atoms with van der Waals surface area (Å²) >= 11 is 0. The predicted octanol–water partition coefficient (Wildman–Crippen LogP) is 6.76. The van der Waals surface area contributed by atoms with E-state index < -0.39 is 0 Å². The minimum absolute atomic E-state index is 0.0867. The maximum absolute atomic E-state index is 10.5. The van der Waals surface area contributed by atoms with E-state index in [4.69, 9.17) is 5.73 Å². The second-order valence-electron chi connectivity index (χ2n) is 9.18. The molecule has 3 aliphatic rings. The molecule has 2 nitrogen and oxygen atoms in total. The summed E-state index contributed by atoms with van der Waals surface area (Å²) in [7, 11) is 0. The van der Waals surface area contributed by atoms with Crippen molar-refractivity contribution in [3.05, 3.63) is 34.9 Å². The molecule has 152 valence electrons. The van der Waals surface area contributed by atoms with Crippen LogP contribution in [0.1, 0.15) is 103 Å². The first-order valence-corrected chi connectivity index (χ1v) is 11.1. The summed E-state index contributed by atoms with van der Waals surface area (Å²) in [4.78, 5) is 0. The summed E-state index contributed by atoms with van der Waals surface area (Å²) < 4.78 is 0. The van der Waals surface area contributed by atoms with Gasteiger partial charge in [0, 0.05) is 5.41 Å². The van der Waals surface area contributed by atoms with Crippen molar-refractivity contribution in [3.63, 3.8) is 0 Å². The minimum Gasteiger partial charge on any atom is -0.508 e. The summed E-state index contributed by atoms with van der Waals surface area (Å²) in [6.07, 6.45) is 12.7. The van der Waals surface area contributed by atoms with Crippen LogP contribution in [0.25, 0.3) is 6.08 Å². The van der Waals surface area contributed by atoms with Gasteiger partial charge in [0.1, 0.15) is 5.75 Å². The van der Waals surface area contributed by atoms with Gasteiger partial charge in [0.25, 0.3) is 0 Å². The average Bonchev–Trinajstić information content (AvgIpc) is 3.52. The lowest BCUT2D eigenvalue weighted by Gasteiger charge is -2.53. The summed E-state index contributed by atoms with van der Waals surface area (Å²) in [5.74, 6) is 1.24. The summed E-state index contributed by atoms with van der Waals surface area (Å²) in [6.45, 7) is 13.7. The Morgan fingerprint density at radius 3 is 2.22 bits per heavy atom. The van der Waals surface area contributed by atoms with Crippen LogP contribution in [0.15, 0.2) is 18.2 Å². The molecule has 0 radical (unpaired) electrons. The highest BCUT2D eigenvalue weighted by Crippen LogP contribution is 2.56. The van der Waals surface area contributed by atoms with Gasteiger partial charge in [0.05, 0.1) is 0 Å². The van der Waals surface area contributed by atoms with Gasteiger partial charge >= 0.3 is 0 Å². The van der Waals surface area contributed by atoms with Crippen LogP contribution in [0.4, 0.5) is 0 Å². The highest BCUT2D eigenvalue weighted by Gasteiger charge is 2.49. The van der Waals surface area contributed by atoms with Crippen LogP contribution < -0.4 is 5.73 Å². The van der Waals surface area contributed by atoms with Gasteiger partial charge in [0.2, 0.25) is 0 Å². The van der Waals surface area contributed by atoms with Crippen molar-refractivity contribution in [1.29, 1.82) is 0 Å². The van der Waals surface area contributed by atoms with Gasteiger partial charge in [-0.25, -0.2) is 0 Å². The first-order chi connectivity index (χ1) is 12.8. The Morgan fingerprint density at radius 1 is 1.07 bits per heavy atom. The van der Waals surface area contributed by atoms with E-state index in [0.29, 0.717) is 17.6 Å². The van der Waals surface area contributed by atoms with E-state index >= 15 is 0 Å². The number of rotatable bonds is 2. The second-order valence-corrected chi connectivity index (χ2v) is 9.18. The van der Waals surface area contributed by atoms with E-state index in [0.717, 1.165) is 12.1 Å². The monoisotopic (exact) mass is 371 g/mol. The molecule has 3 unspecified atom stereocenters. The molecular formula is C25H41NO. The van der Waals surface area contributed by atoms with Crippen molar-refractivity contribution in [2.24, 2.45) is 17.1 Å². The van der Waals surface area contributed by atoms with E-state index in [-0.39, 0.29) is 10.8 Å². The smallest absolute Gasteiger partial charge is 0.119 e. The van der Waals surface area contributed by atoms with Crippen LogP contribution in [0.2, 0.25) is 0 Å². The Labute approximate surface area is 167 Å². The zero-order chi connectivity index (χ0) is 20.2. The number of nitrogens with two attached hydrogens (primary N) is 1. The number of hydrogen-bond donors (Lipinski definition) is 2. The van der Waals surface area contributed by atoms with E-state index in [1.165, 1.54) is 49.7 Å². The number of phenolic OH excluding ortho intramolecular Hbond substituents is 1. The molecule has 0 spiro atoms. The summed E-state index contributed by atoms with van der Waals surface area (Å²) in [5, 5.41) is 10.5. The van der Waals surface area contributed by atoms with E-state index in [9.17, 15) is 5.11 Å². The van der Waals surface area contributed by atoms with Crippen molar-refractivity contribution < 1.29 is 5.11 Å². The van der Waals surface area contributed by atoms with Crippen LogP contribution in [-0.2, 0) is 5.41 Å². The zero-order valence-electron chi connectivity index (χ0n) is 18.4. The molecule has 0 amide bonds. The number of aromatic hydroxyl groups is 1. The van der Waals surface area contributed by atoms with Crippen molar-refractivity contribution >= 4 is 6.08 Å². The predicted molar refractivity (Wildman–Crippen MR) is 118 cm³/mol. The van der Waals surface area contributed by atoms with Crippen molar-refractivity contribution in [1.82, 2.24) is 0 Å². The Hall–Kier alpha value is -1.28. The molecule has 1 aromatic rings. The van der Waals surface area contributed by atoms with Gasteiger partial charge in [-0.2, -0.15) is 0 Å². The Bertz CT molecular complexity index is 658. The molecule has 27 heavy (non-hydrogen) atoms. The van der Waals surface area contributed by atoms with Crippen molar-refractivity contribution in [2.75, 3.05) is 6.54 Å². The van der Waals surface area contributed by atoms with Gasteiger partial charge in [0.15, 0.2) is 0 Å². The molecule has 2 saturated carbocycles. The topological polar surface area (TPSA) is 46.2 Å². The third-order valence-corrected chi connectivity index (χ3v) is 6.61. The molecule has 3 atom stereocenters. The third-order valence-electron chi connectivity index (χ3n) is 6.61. The van der Waals surface area contributed by atoms with Crippen LogP contribution >= 0.6 is 0 Å². The van der Waals surface area contributed by atoms with Crippen LogP contribution in [0.5, 0.6) is 5.75 Å². The van der Waals surface area contributed by atoms with Gasteiger partial charge in [-0.05, 0) is 65.5 Å². The highest BCUT2D eigenvalue weighted by molar-refractivity contribution is 5.64. The average molecular weight is 372 g/mol. The molecular weight excluding hydrogens is 330 g/mol. The molecule has 3 aliphatic carbocycles. The standard InChI is InChI=1S/C20H29NO.C3H6.C2H6/c1-13(2)15-10-14-6-7-18-19(3,12-21)8-5-9-20(18,4)16(14)11-17(15)22;1-2-3-1;1-2/h6-7,10-11,13,18,22H,5,8-9,12,21H2,1-4H3;1-3H2;1-2H3. The number of hydrogen-bond acceptors (Lipinski definition) is 2. The highest BCUT2D eigenvalue weighted by atomic mass is 16.3. The molecule has 0 heterocycles. The van der Waals surface area contributed by atoms with Crippen molar-refractivity contribution in [2.45, 2.75) is 91.4 Å². The number of allylic oxidation sites excluding steroid dienone is 1. The lowest BCUT2D eigenvalue weighted by atomic mass is 9.51. The maximum Gasteiger partial charge on any atom is 0.119 e. The number of benzene rings is 1. The largest absolute Gasteiger partial charge is 0.508 e. The second kappa shape index (κ2) is 8.82. The zero-order valence-corrected chi connectivity index (χ0v) is 18.4. The fourth-order valence-corrected chi connectivity index (χ4v) is 4.83. The maximum atomic E-state index is 10.5. The normalized spacial score (nSPS) is 30.3. The van der Waals surface area contributed by atoms with E-state index in [1.807, 2.05) is 19.9 Å². The lowest BCUT2D eigenvalue weighted by molar-refractivity contribution is 0.0810. The van der Waals surface area contributed by atoms with Crippen LogP contribution in [-0.4, -0.2) is 11.7 Å². The summed E-state index contributed by atoms with van der Waals surface area (Å²) in [6, 6.07) is 4.21. The first-order valence-electron chi connectivity index (χ1n) is 11.1. The fourth-order valence-electron chi connectivity index (χ4n) is 4.83. The van der Waals surface area contributed by atoms with Crippen LogP contribution in [0, 0.1) is 11.3 Å². The summed E-state index contributed by atoms with van der Waals surface area (Å²) in [5.41, 5.74) is 10.0. The Balaban J connectivity index is 0.000000463. The Morgan fingerprint density at radius 2 is 1.70 bits per heavy atom. The molecule has 0 bridgehead atoms. The minimum atomic E-state index is 0.0867. The number of fused-ring (bicyclic) bond motifs is 3. The molecule has 0 aliphatic heterocycles. The molecule has 4 rings (SSSR count). The fraction of sp³-hybridized carbons (Fsp3) is 0.680. The first kappa shape index (κ1) is 22.0. The van der Waals surface area contributed by atoms with E-state index in [2.05, 4.69) is 45.9 Å². The van der Waals surface area contributed by atoms with Gasteiger partial charge in [-0.15, -0.1) is 0 Å². The number of phenols is 1. The Kier molecular flexibility index (Phi) is 7.19. The lowest BCUT2D eigenvalue weighted by Crippen LogP contribution is -2.50. The SMILES string of the molecule is C1CC1.CC.CC(C)c1cc2c(cc1O)C1(C)CCCC(C)(CN)C1C=C2. The van der Waals surface area contributed by atoms with Crippen molar-refractivity contribution in [3.8, 4) is 5.75 Å². The quantitative estimate of drug-likeness (QED) is 0.603. The van der Waals surface area contributed by atoms with Gasteiger partial charge in [-0.1, -0.05) is 79.4 Å². The molecule has 2 fully saturated rings. The molecule has 0 saturated heterocycles. The van der Waals surface area contributed by atoms with E-state index in [1.54, 1.807) is 0 Å². The molecule has 3 N–H and O–H groups in total. The van der Waals surface area contributed by atoms with Gasteiger partial charge < -0.3 is 10.8 Å². The molecule has 0 aromatic heterocycles. The molecule has 2 heteroatoms. The third kappa shape index (κ3) is 4.42.